The van der Waals surface area contributed by atoms with Crippen molar-refractivity contribution in [3.8, 4) is 0 Å². The van der Waals surface area contributed by atoms with Crippen LogP contribution in [0.15, 0.2) is 59.2 Å². The average Bonchev–Trinajstić information content (AvgIpc) is 3.08. The molecule has 126 valence electrons. The zero-order valence-corrected chi connectivity index (χ0v) is 16.5. The molecule has 0 N–H and O–H groups in total. The highest BCUT2D eigenvalue weighted by atomic mass is 28.4. The van der Waals surface area contributed by atoms with Crippen LogP contribution in [0.25, 0.3) is 11.6 Å². The third-order valence-corrected chi connectivity index (χ3v) is 5.65. The lowest BCUT2D eigenvalue weighted by Gasteiger charge is -2.24. The van der Waals surface area contributed by atoms with Gasteiger partial charge in [-0.15, -0.1) is 0 Å². The van der Waals surface area contributed by atoms with E-state index >= 15 is 0 Å². The molecule has 0 aromatic heterocycles. The summed E-state index contributed by atoms with van der Waals surface area (Å²) in [6, 6.07) is 8.70. The van der Waals surface area contributed by atoms with E-state index in [9.17, 15) is 0 Å². The summed E-state index contributed by atoms with van der Waals surface area (Å²) >= 11 is 0. The molecular weight excluding hydrogens is 308 g/mol. The SMILES string of the molecule is CC=C1C(C2=C(CC(C)O[Si](C)(C)C)C=CC2)=Cc2ccccc21. The Labute approximate surface area is 147 Å². The van der Waals surface area contributed by atoms with E-state index in [1.54, 1.807) is 0 Å². The summed E-state index contributed by atoms with van der Waals surface area (Å²) in [7, 11) is -1.49. The van der Waals surface area contributed by atoms with Crippen LogP contribution in [0.1, 0.15) is 37.8 Å². The van der Waals surface area contributed by atoms with Crippen molar-refractivity contribution in [1.82, 2.24) is 0 Å². The van der Waals surface area contributed by atoms with Crippen LogP contribution in [-0.2, 0) is 4.43 Å². The Morgan fingerprint density at radius 2 is 1.96 bits per heavy atom. The van der Waals surface area contributed by atoms with Gasteiger partial charge in [0, 0.05) is 6.10 Å². The maximum atomic E-state index is 6.26. The van der Waals surface area contributed by atoms with Gasteiger partial charge < -0.3 is 4.43 Å². The first-order valence-electron chi connectivity index (χ1n) is 8.93. The Hall–Kier alpha value is -1.64. The van der Waals surface area contributed by atoms with Crippen LogP contribution >= 0.6 is 0 Å². The van der Waals surface area contributed by atoms with Crippen LogP contribution in [0.2, 0.25) is 19.6 Å². The topological polar surface area (TPSA) is 9.23 Å². The normalized spacial score (nSPS) is 19.9. The predicted octanol–water partition coefficient (Wildman–Crippen LogP) is 6.37. The van der Waals surface area contributed by atoms with Gasteiger partial charge in [-0.25, -0.2) is 0 Å². The summed E-state index contributed by atoms with van der Waals surface area (Å²) < 4.78 is 6.26. The van der Waals surface area contributed by atoms with Gasteiger partial charge in [0.05, 0.1) is 0 Å². The molecule has 1 atom stereocenters. The van der Waals surface area contributed by atoms with E-state index in [-0.39, 0.29) is 6.10 Å². The van der Waals surface area contributed by atoms with Crippen LogP contribution in [-0.4, -0.2) is 14.4 Å². The maximum Gasteiger partial charge on any atom is 0.184 e. The molecule has 2 heteroatoms. The number of hydrogen-bond acceptors (Lipinski definition) is 1. The van der Waals surface area contributed by atoms with Gasteiger partial charge in [0.25, 0.3) is 0 Å². The van der Waals surface area contributed by atoms with Crippen molar-refractivity contribution in [2.45, 2.75) is 52.4 Å². The molecule has 0 saturated heterocycles. The van der Waals surface area contributed by atoms with Crippen LogP contribution in [0, 0.1) is 0 Å². The molecule has 0 spiro atoms. The summed E-state index contributed by atoms with van der Waals surface area (Å²) in [6.07, 6.45) is 11.5. The molecule has 0 amide bonds. The van der Waals surface area contributed by atoms with Gasteiger partial charge in [0.15, 0.2) is 8.32 Å². The highest BCUT2D eigenvalue weighted by Crippen LogP contribution is 2.43. The summed E-state index contributed by atoms with van der Waals surface area (Å²) in [6.45, 7) is 11.1. The largest absolute Gasteiger partial charge is 0.415 e. The molecule has 24 heavy (non-hydrogen) atoms. The van der Waals surface area contributed by atoms with Gasteiger partial charge in [-0.1, -0.05) is 42.5 Å². The summed E-state index contributed by atoms with van der Waals surface area (Å²) in [5.41, 5.74) is 8.40. The highest BCUT2D eigenvalue weighted by Gasteiger charge is 2.25. The van der Waals surface area contributed by atoms with E-state index in [0.29, 0.717) is 0 Å². The van der Waals surface area contributed by atoms with Gasteiger partial charge in [-0.05, 0) is 85.8 Å². The fourth-order valence-electron chi connectivity index (χ4n) is 3.79. The first kappa shape index (κ1) is 17.2. The third kappa shape index (κ3) is 3.55. The molecule has 0 fully saturated rings. The Morgan fingerprint density at radius 1 is 1.21 bits per heavy atom. The van der Waals surface area contributed by atoms with Gasteiger partial charge in [0.2, 0.25) is 0 Å². The molecule has 1 nitrogen and oxygen atoms in total. The lowest BCUT2D eigenvalue weighted by molar-refractivity contribution is 0.215. The highest BCUT2D eigenvalue weighted by molar-refractivity contribution is 6.69. The summed E-state index contributed by atoms with van der Waals surface area (Å²) in [5.74, 6) is 0. The minimum absolute atomic E-state index is 0.280. The van der Waals surface area contributed by atoms with Crippen molar-refractivity contribution < 1.29 is 4.43 Å². The predicted molar refractivity (Wildman–Crippen MR) is 107 cm³/mol. The molecule has 1 unspecified atom stereocenters. The van der Waals surface area contributed by atoms with E-state index in [2.05, 4.69) is 82.1 Å². The van der Waals surface area contributed by atoms with Gasteiger partial charge in [-0.2, -0.15) is 0 Å². The number of hydrogen-bond donors (Lipinski definition) is 0. The number of allylic oxidation sites excluding steroid dienone is 6. The minimum atomic E-state index is -1.49. The van der Waals surface area contributed by atoms with E-state index in [4.69, 9.17) is 4.43 Å². The monoisotopic (exact) mass is 336 g/mol. The van der Waals surface area contributed by atoms with Crippen molar-refractivity contribution >= 4 is 20.0 Å². The summed E-state index contributed by atoms with van der Waals surface area (Å²) in [4.78, 5) is 0. The smallest absolute Gasteiger partial charge is 0.184 e. The molecule has 0 heterocycles. The number of fused-ring (bicyclic) bond motifs is 1. The van der Waals surface area contributed by atoms with Gasteiger partial charge in [0.1, 0.15) is 0 Å². The standard InChI is InChI=1S/C22H28OSi/c1-6-19-20-12-8-7-10-18(20)15-22(19)21-13-9-11-17(21)14-16(2)23-24(3,4)5/h6-12,15-16H,13-14H2,1-5H3. The zero-order valence-electron chi connectivity index (χ0n) is 15.5. The van der Waals surface area contributed by atoms with Crippen molar-refractivity contribution in [2.75, 3.05) is 0 Å². The van der Waals surface area contributed by atoms with Crippen LogP contribution in [0.4, 0.5) is 0 Å². The van der Waals surface area contributed by atoms with E-state index < -0.39 is 8.32 Å². The van der Waals surface area contributed by atoms with E-state index in [1.807, 2.05) is 0 Å². The molecule has 1 aromatic carbocycles. The van der Waals surface area contributed by atoms with E-state index in [0.717, 1.165) is 12.8 Å². The van der Waals surface area contributed by atoms with E-state index in [1.165, 1.54) is 33.4 Å². The fraction of sp³-hybridized carbons (Fsp3) is 0.364. The van der Waals surface area contributed by atoms with Crippen molar-refractivity contribution in [3.05, 3.63) is 70.3 Å². The Balaban J connectivity index is 1.89. The zero-order chi connectivity index (χ0) is 17.3. The average molecular weight is 337 g/mol. The Kier molecular flexibility index (Phi) is 4.80. The quantitative estimate of drug-likeness (QED) is 0.567. The summed E-state index contributed by atoms with van der Waals surface area (Å²) in [5, 5.41) is 0. The molecule has 1 aromatic rings. The Morgan fingerprint density at radius 3 is 2.67 bits per heavy atom. The van der Waals surface area contributed by atoms with Gasteiger partial charge >= 0.3 is 0 Å². The first-order chi connectivity index (χ1) is 11.4. The van der Waals surface area contributed by atoms with Gasteiger partial charge in [-0.3, -0.25) is 0 Å². The maximum absolute atomic E-state index is 6.26. The molecule has 0 saturated carbocycles. The van der Waals surface area contributed by atoms with Crippen LogP contribution < -0.4 is 0 Å². The lowest BCUT2D eigenvalue weighted by Crippen LogP contribution is -2.30. The first-order valence-corrected chi connectivity index (χ1v) is 12.3. The molecular formula is C22H28OSi. The molecule has 3 rings (SSSR count). The molecule has 2 aliphatic rings. The second kappa shape index (κ2) is 6.70. The lowest BCUT2D eigenvalue weighted by atomic mass is 9.93. The molecule has 2 aliphatic carbocycles. The second-order valence-electron chi connectivity index (χ2n) is 7.70. The number of rotatable bonds is 5. The molecule has 0 bridgehead atoms. The molecule has 0 radical (unpaired) electrons. The third-order valence-electron chi connectivity index (χ3n) is 4.55. The van der Waals surface area contributed by atoms with Crippen molar-refractivity contribution in [3.63, 3.8) is 0 Å². The fourth-order valence-corrected chi connectivity index (χ4v) is 5.08. The van der Waals surface area contributed by atoms with Crippen molar-refractivity contribution in [2.24, 2.45) is 0 Å². The molecule has 0 aliphatic heterocycles. The van der Waals surface area contributed by atoms with Crippen molar-refractivity contribution in [1.29, 1.82) is 0 Å². The second-order valence-corrected chi connectivity index (χ2v) is 12.2. The Bertz CT molecular complexity index is 756. The minimum Gasteiger partial charge on any atom is -0.415 e. The van der Waals surface area contributed by atoms with Crippen LogP contribution in [0.5, 0.6) is 0 Å². The number of benzene rings is 1. The van der Waals surface area contributed by atoms with Crippen LogP contribution in [0.3, 0.4) is 0 Å².